The fraction of sp³-hybridized carbons (Fsp3) is 0.500. The molecule has 0 atom stereocenters. The number of carbonyl (C=O) groups is 1. The van der Waals surface area contributed by atoms with Crippen molar-refractivity contribution in [3.8, 4) is 0 Å². The molecule has 0 spiro atoms. The molecule has 0 N–H and O–H groups in total. The molecule has 6 nitrogen and oxygen atoms in total. The Bertz CT molecular complexity index is 520. The fourth-order valence-electron chi connectivity index (χ4n) is 1.88. The van der Waals surface area contributed by atoms with Crippen LogP contribution < -0.4 is 0 Å². The number of hydrogen-bond donors (Lipinski definition) is 0. The van der Waals surface area contributed by atoms with Crippen molar-refractivity contribution in [3.05, 3.63) is 39.7 Å². The molecule has 0 heterocycles. The van der Waals surface area contributed by atoms with Gasteiger partial charge in [0.15, 0.2) is 0 Å². The van der Waals surface area contributed by atoms with Gasteiger partial charge in [-0.3, -0.25) is 14.9 Å². The van der Waals surface area contributed by atoms with Crippen LogP contribution in [0.1, 0.15) is 23.7 Å². The van der Waals surface area contributed by atoms with Gasteiger partial charge < -0.3 is 9.80 Å². The second-order valence-electron chi connectivity index (χ2n) is 5.02. The van der Waals surface area contributed by atoms with Crippen molar-refractivity contribution in [2.45, 2.75) is 13.3 Å². The summed E-state index contributed by atoms with van der Waals surface area (Å²) in [4.78, 5) is 25.7. The summed E-state index contributed by atoms with van der Waals surface area (Å²) >= 11 is 0. The highest BCUT2D eigenvalue weighted by Crippen LogP contribution is 2.19. The number of hydrogen-bond acceptors (Lipinski definition) is 4. The lowest BCUT2D eigenvalue weighted by Gasteiger charge is -2.24. The summed E-state index contributed by atoms with van der Waals surface area (Å²) in [5, 5.41) is 10.6. The van der Waals surface area contributed by atoms with E-state index >= 15 is 0 Å². The summed E-state index contributed by atoms with van der Waals surface area (Å²) in [6.07, 6.45) is 0.786. The van der Waals surface area contributed by atoms with Crippen molar-refractivity contribution in [2.24, 2.45) is 0 Å². The van der Waals surface area contributed by atoms with Gasteiger partial charge in [-0.15, -0.1) is 0 Å². The topological polar surface area (TPSA) is 66.7 Å². The van der Waals surface area contributed by atoms with Gasteiger partial charge in [0, 0.05) is 31.3 Å². The van der Waals surface area contributed by atoms with Gasteiger partial charge >= 0.3 is 5.69 Å². The van der Waals surface area contributed by atoms with E-state index in [9.17, 15) is 19.3 Å². The van der Waals surface area contributed by atoms with Crippen LogP contribution in [0.15, 0.2) is 18.2 Å². The van der Waals surface area contributed by atoms with E-state index < -0.39 is 16.4 Å². The second-order valence-corrected chi connectivity index (χ2v) is 5.02. The monoisotopic (exact) mass is 297 g/mol. The standard InChI is InChI=1S/C14H20FN3O3/c1-4-7-17(9-8-16(2)3)14(19)11-5-6-13(18(20)21)12(15)10-11/h5-6,10H,4,7-9H2,1-3H3. The number of benzene rings is 1. The minimum absolute atomic E-state index is 0.130. The maximum atomic E-state index is 13.6. The van der Waals surface area contributed by atoms with Crippen LogP contribution in [-0.2, 0) is 0 Å². The Morgan fingerprint density at radius 1 is 1.29 bits per heavy atom. The number of halogens is 1. The van der Waals surface area contributed by atoms with Gasteiger partial charge in [-0.1, -0.05) is 6.92 Å². The zero-order valence-corrected chi connectivity index (χ0v) is 12.5. The molecule has 1 rings (SSSR count). The van der Waals surface area contributed by atoms with Gasteiger partial charge in [0.2, 0.25) is 5.82 Å². The highest BCUT2D eigenvalue weighted by atomic mass is 19.1. The lowest BCUT2D eigenvalue weighted by atomic mass is 10.1. The van der Waals surface area contributed by atoms with E-state index in [4.69, 9.17) is 0 Å². The SMILES string of the molecule is CCCN(CCN(C)C)C(=O)c1ccc([N+](=O)[O-])c(F)c1. The van der Waals surface area contributed by atoms with Crippen molar-refractivity contribution in [1.82, 2.24) is 9.80 Å². The first kappa shape index (κ1) is 17.0. The summed E-state index contributed by atoms with van der Waals surface area (Å²) < 4.78 is 13.6. The molecule has 21 heavy (non-hydrogen) atoms. The number of amides is 1. The molecular formula is C14H20FN3O3. The number of nitro benzene ring substituents is 1. The maximum absolute atomic E-state index is 13.6. The quantitative estimate of drug-likeness (QED) is 0.571. The predicted molar refractivity (Wildman–Crippen MR) is 77.8 cm³/mol. The molecule has 0 unspecified atom stereocenters. The lowest BCUT2D eigenvalue weighted by molar-refractivity contribution is -0.387. The van der Waals surface area contributed by atoms with Gasteiger partial charge in [0.1, 0.15) is 0 Å². The zero-order chi connectivity index (χ0) is 16.0. The molecule has 0 aliphatic heterocycles. The van der Waals surface area contributed by atoms with Crippen LogP contribution in [0.3, 0.4) is 0 Å². The molecule has 0 aliphatic rings. The molecule has 7 heteroatoms. The van der Waals surface area contributed by atoms with Crippen LogP contribution in [0.2, 0.25) is 0 Å². The van der Waals surface area contributed by atoms with Gasteiger partial charge in [0.25, 0.3) is 5.91 Å². The van der Waals surface area contributed by atoms with E-state index in [-0.39, 0.29) is 11.5 Å². The number of nitro groups is 1. The van der Waals surface area contributed by atoms with Crippen molar-refractivity contribution >= 4 is 11.6 Å². The van der Waals surface area contributed by atoms with E-state index in [1.54, 1.807) is 4.90 Å². The van der Waals surface area contributed by atoms with Crippen LogP contribution in [0.4, 0.5) is 10.1 Å². The largest absolute Gasteiger partial charge is 0.337 e. The summed E-state index contributed by atoms with van der Waals surface area (Å²) in [5.74, 6) is -1.30. The van der Waals surface area contributed by atoms with Gasteiger partial charge in [-0.05, 0) is 32.6 Å². The van der Waals surface area contributed by atoms with Crippen molar-refractivity contribution < 1.29 is 14.1 Å². The van der Waals surface area contributed by atoms with Crippen LogP contribution in [0, 0.1) is 15.9 Å². The third-order valence-electron chi connectivity index (χ3n) is 2.99. The third-order valence-corrected chi connectivity index (χ3v) is 2.99. The Labute approximate surface area is 123 Å². The van der Waals surface area contributed by atoms with E-state index in [1.807, 2.05) is 25.9 Å². The highest BCUT2D eigenvalue weighted by molar-refractivity contribution is 5.94. The Balaban J connectivity index is 2.92. The Morgan fingerprint density at radius 2 is 1.95 bits per heavy atom. The zero-order valence-electron chi connectivity index (χ0n) is 12.5. The maximum Gasteiger partial charge on any atom is 0.304 e. The molecule has 0 saturated heterocycles. The number of likely N-dealkylation sites (N-methyl/N-ethyl adjacent to an activating group) is 1. The molecule has 0 fully saturated rings. The molecule has 1 amide bonds. The summed E-state index contributed by atoms with van der Waals surface area (Å²) in [6.45, 7) is 3.73. The normalized spacial score (nSPS) is 10.7. The number of rotatable bonds is 7. The molecule has 1 aromatic carbocycles. The van der Waals surface area contributed by atoms with Crippen molar-refractivity contribution in [3.63, 3.8) is 0 Å². The van der Waals surface area contributed by atoms with Gasteiger partial charge in [-0.2, -0.15) is 4.39 Å². The van der Waals surface area contributed by atoms with Crippen LogP contribution in [0.5, 0.6) is 0 Å². The Kier molecular flexibility index (Phi) is 6.23. The molecule has 0 aromatic heterocycles. The Morgan fingerprint density at radius 3 is 2.43 bits per heavy atom. The number of carbonyl (C=O) groups excluding carboxylic acids is 1. The highest BCUT2D eigenvalue weighted by Gasteiger charge is 2.20. The molecule has 116 valence electrons. The van der Waals surface area contributed by atoms with Crippen molar-refractivity contribution in [1.29, 1.82) is 0 Å². The average molecular weight is 297 g/mol. The summed E-state index contributed by atoms with van der Waals surface area (Å²) in [6, 6.07) is 3.25. The molecule has 0 aliphatic carbocycles. The van der Waals surface area contributed by atoms with E-state index in [2.05, 4.69) is 0 Å². The van der Waals surface area contributed by atoms with Crippen molar-refractivity contribution in [2.75, 3.05) is 33.7 Å². The fourth-order valence-corrected chi connectivity index (χ4v) is 1.88. The Hall–Kier alpha value is -2.02. The van der Waals surface area contributed by atoms with E-state index in [0.717, 1.165) is 18.6 Å². The minimum atomic E-state index is -0.991. The summed E-state index contributed by atoms with van der Waals surface area (Å²) in [7, 11) is 3.81. The molecule has 0 bridgehead atoms. The summed E-state index contributed by atoms with van der Waals surface area (Å²) in [5.41, 5.74) is -0.493. The van der Waals surface area contributed by atoms with E-state index in [0.29, 0.717) is 19.6 Å². The molecular weight excluding hydrogens is 277 g/mol. The minimum Gasteiger partial charge on any atom is -0.337 e. The lowest BCUT2D eigenvalue weighted by Crippen LogP contribution is -2.37. The predicted octanol–water partition coefficient (Wildman–Crippen LogP) is 2.15. The molecule has 0 saturated carbocycles. The second kappa shape index (κ2) is 7.68. The average Bonchev–Trinajstić information content (AvgIpc) is 2.41. The van der Waals surface area contributed by atoms with Crippen LogP contribution in [0.25, 0.3) is 0 Å². The first-order valence-corrected chi connectivity index (χ1v) is 6.74. The molecule has 1 aromatic rings. The third kappa shape index (κ3) is 4.78. The first-order chi connectivity index (χ1) is 9.86. The molecule has 0 radical (unpaired) electrons. The van der Waals surface area contributed by atoms with E-state index in [1.165, 1.54) is 6.07 Å². The number of nitrogens with zero attached hydrogens (tertiary/aromatic N) is 3. The first-order valence-electron chi connectivity index (χ1n) is 6.74. The van der Waals surface area contributed by atoms with Gasteiger partial charge in [-0.25, -0.2) is 0 Å². The smallest absolute Gasteiger partial charge is 0.304 e. The van der Waals surface area contributed by atoms with Crippen LogP contribution in [-0.4, -0.2) is 54.4 Å². The van der Waals surface area contributed by atoms with Crippen LogP contribution >= 0.6 is 0 Å². The van der Waals surface area contributed by atoms with Gasteiger partial charge in [0.05, 0.1) is 4.92 Å².